The molecule has 1 fully saturated rings. The Morgan fingerprint density at radius 1 is 1.69 bits per heavy atom. The van der Waals surface area contributed by atoms with E-state index in [0.29, 0.717) is 5.82 Å². The first-order valence-electron chi connectivity index (χ1n) is 4.72. The van der Waals surface area contributed by atoms with Gasteiger partial charge in [-0.2, -0.15) is 0 Å². The third-order valence-electron chi connectivity index (χ3n) is 2.42. The van der Waals surface area contributed by atoms with Gasteiger partial charge in [0.25, 0.3) is 0 Å². The van der Waals surface area contributed by atoms with Gasteiger partial charge in [0.1, 0.15) is 6.26 Å². The van der Waals surface area contributed by atoms with Crippen LogP contribution in [0.5, 0.6) is 0 Å². The maximum atomic E-state index is 5.87. The number of rotatable bonds is 2. The van der Waals surface area contributed by atoms with E-state index in [2.05, 4.69) is 10.1 Å². The Labute approximate surface area is 79.5 Å². The molecule has 1 aromatic heterocycles. The predicted molar refractivity (Wildman–Crippen MR) is 50.5 cm³/mol. The first-order chi connectivity index (χ1) is 6.34. The van der Waals surface area contributed by atoms with Crippen LogP contribution in [0.4, 0.5) is 0 Å². The monoisotopic (exact) mass is 176 g/mol. The van der Waals surface area contributed by atoms with Crippen molar-refractivity contribution in [2.45, 2.75) is 25.2 Å². The summed E-state index contributed by atoms with van der Waals surface area (Å²) in [5, 5.41) is 3.88. The highest BCUT2D eigenvalue weighted by atomic mass is 16.5. The van der Waals surface area contributed by atoms with E-state index in [0.717, 1.165) is 31.7 Å². The Bertz CT molecular complexity index is 250. The minimum atomic E-state index is 0.334. The summed E-state index contributed by atoms with van der Waals surface area (Å²) in [6, 6.07) is 1.90. The van der Waals surface area contributed by atoms with Gasteiger partial charge in [0.15, 0.2) is 0 Å². The zero-order chi connectivity index (χ0) is 9.10. The van der Waals surface area contributed by atoms with E-state index >= 15 is 0 Å². The summed E-state index contributed by atoms with van der Waals surface area (Å²) in [4.78, 5) is 2.33. The standard InChI is InChI=1S/C9H13BN2O/c10-8-2-1-4-12(6-8)7-9-3-5-13-11-9/h3,5,8H,1-2,4,6-7H2. The number of nitrogens with zero attached hydrogens (tertiary/aromatic N) is 2. The van der Waals surface area contributed by atoms with Gasteiger partial charge in [-0.25, -0.2) is 0 Å². The molecule has 68 valence electrons. The van der Waals surface area contributed by atoms with E-state index in [1.165, 1.54) is 6.42 Å². The molecule has 13 heavy (non-hydrogen) atoms. The van der Waals surface area contributed by atoms with Crippen LogP contribution in [-0.2, 0) is 6.54 Å². The first kappa shape index (κ1) is 8.82. The van der Waals surface area contributed by atoms with Gasteiger partial charge in [0.05, 0.1) is 13.5 Å². The summed E-state index contributed by atoms with van der Waals surface area (Å²) in [7, 11) is 5.87. The normalized spacial score (nSPS) is 24.8. The molecule has 2 radical (unpaired) electrons. The van der Waals surface area contributed by atoms with Crippen LogP contribution in [0.25, 0.3) is 0 Å². The van der Waals surface area contributed by atoms with E-state index in [1.807, 2.05) is 6.07 Å². The van der Waals surface area contributed by atoms with Crippen LogP contribution in [0.15, 0.2) is 16.9 Å². The van der Waals surface area contributed by atoms with Crippen molar-refractivity contribution in [2.24, 2.45) is 0 Å². The van der Waals surface area contributed by atoms with Crippen LogP contribution < -0.4 is 0 Å². The topological polar surface area (TPSA) is 29.3 Å². The van der Waals surface area contributed by atoms with Gasteiger partial charge < -0.3 is 4.52 Å². The van der Waals surface area contributed by atoms with Crippen molar-refractivity contribution in [3.05, 3.63) is 18.0 Å². The van der Waals surface area contributed by atoms with E-state index in [-0.39, 0.29) is 0 Å². The Balaban J connectivity index is 1.87. The third-order valence-corrected chi connectivity index (χ3v) is 2.42. The predicted octanol–water partition coefficient (Wildman–Crippen LogP) is 1.23. The van der Waals surface area contributed by atoms with Crippen molar-refractivity contribution >= 4 is 7.85 Å². The smallest absolute Gasteiger partial charge is 0.124 e. The van der Waals surface area contributed by atoms with Crippen molar-refractivity contribution in [2.75, 3.05) is 13.1 Å². The summed E-state index contributed by atoms with van der Waals surface area (Å²) in [5.41, 5.74) is 0.995. The van der Waals surface area contributed by atoms with Crippen molar-refractivity contribution in [1.82, 2.24) is 10.1 Å². The molecule has 0 amide bonds. The number of aromatic nitrogens is 1. The molecule has 2 rings (SSSR count). The SMILES string of the molecule is [B]C1CCCN(Cc2ccon2)C1. The van der Waals surface area contributed by atoms with E-state index in [1.54, 1.807) is 6.26 Å². The van der Waals surface area contributed by atoms with Crippen molar-refractivity contribution in [3.63, 3.8) is 0 Å². The molecule has 3 nitrogen and oxygen atoms in total. The highest BCUT2D eigenvalue weighted by Gasteiger charge is 2.16. The zero-order valence-corrected chi connectivity index (χ0v) is 7.65. The molecule has 0 spiro atoms. The lowest BCUT2D eigenvalue weighted by Crippen LogP contribution is -2.32. The highest BCUT2D eigenvalue weighted by Crippen LogP contribution is 2.19. The largest absolute Gasteiger partial charge is 0.364 e. The van der Waals surface area contributed by atoms with Crippen molar-refractivity contribution < 1.29 is 4.52 Å². The Hall–Kier alpha value is -0.765. The average Bonchev–Trinajstić information content (AvgIpc) is 2.57. The summed E-state index contributed by atoms with van der Waals surface area (Å²) >= 11 is 0. The van der Waals surface area contributed by atoms with Crippen LogP contribution in [0.2, 0.25) is 5.82 Å². The molecule has 0 N–H and O–H groups in total. The maximum Gasteiger partial charge on any atom is 0.124 e. The molecule has 0 bridgehead atoms. The molecular weight excluding hydrogens is 163 g/mol. The van der Waals surface area contributed by atoms with E-state index in [9.17, 15) is 0 Å². The lowest BCUT2D eigenvalue weighted by atomic mass is 9.81. The average molecular weight is 176 g/mol. The molecule has 1 aliphatic heterocycles. The van der Waals surface area contributed by atoms with E-state index in [4.69, 9.17) is 12.4 Å². The third kappa shape index (κ3) is 2.34. The minimum absolute atomic E-state index is 0.334. The molecule has 1 atom stereocenters. The van der Waals surface area contributed by atoms with E-state index < -0.39 is 0 Å². The molecule has 2 heterocycles. The molecule has 0 aromatic carbocycles. The Kier molecular flexibility index (Phi) is 2.69. The fourth-order valence-corrected chi connectivity index (χ4v) is 1.78. The molecule has 0 saturated carbocycles. The van der Waals surface area contributed by atoms with Gasteiger partial charge in [0, 0.05) is 12.6 Å². The van der Waals surface area contributed by atoms with Gasteiger partial charge in [-0.05, 0) is 19.5 Å². The van der Waals surface area contributed by atoms with Gasteiger partial charge >= 0.3 is 0 Å². The second-order valence-electron chi connectivity index (χ2n) is 3.63. The summed E-state index contributed by atoms with van der Waals surface area (Å²) in [5.74, 6) is 0.334. The molecule has 0 aliphatic carbocycles. The van der Waals surface area contributed by atoms with Crippen LogP contribution in [0.3, 0.4) is 0 Å². The lowest BCUT2D eigenvalue weighted by Gasteiger charge is -2.30. The molecule has 1 unspecified atom stereocenters. The Morgan fingerprint density at radius 3 is 3.31 bits per heavy atom. The fourth-order valence-electron chi connectivity index (χ4n) is 1.78. The number of hydrogen-bond acceptors (Lipinski definition) is 3. The Morgan fingerprint density at radius 2 is 2.62 bits per heavy atom. The zero-order valence-electron chi connectivity index (χ0n) is 7.65. The van der Waals surface area contributed by atoms with Gasteiger partial charge in [-0.15, -0.1) is 0 Å². The summed E-state index contributed by atoms with van der Waals surface area (Å²) in [6.07, 6.45) is 3.95. The van der Waals surface area contributed by atoms with Gasteiger partial charge in [-0.3, -0.25) is 4.90 Å². The number of likely N-dealkylation sites (tertiary alicyclic amines) is 1. The van der Waals surface area contributed by atoms with Gasteiger partial charge in [0.2, 0.25) is 0 Å². The second-order valence-corrected chi connectivity index (χ2v) is 3.63. The van der Waals surface area contributed by atoms with Crippen molar-refractivity contribution in [3.8, 4) is 0 Å². The van der Waals surface area contributed by atoms with Crippen LogP contribution in [0, 0.1) is 0 Å². The highest BCUT2D eigenvalue weighted by molar-refractivity contribution is 6.11. The molecular formula is C9H13BN2O. The van der Waals surface area contributed by atoms with Crippen molar-refractivity contribution in [1.29, 1.82) is 0 Å². The quantitative estimate of drug-likeness (QED) is 0.634. The van der Waals surface area contributed by atoms with Gasteiger partial charge in [-0.1, -0.05) is 17.4 Å². The molecule has 1 saturated heterocycles. The second kappa shape index (κ2) is 3.96. The molecule has 1 aliphatic rings. The first-order valence-corrected chi connectivity index (χ1v) is 4.72. The summed E-state index contributed by atoms with van der Waals surface area (Å²) < 4.78 is 4.77. The van der Waals surface area contributed by atoms with Crippen LogP contribution in [0.1, 0.15) is 18.5 Å². The number of hydrogen-bond donors (Lipinski definition) is 0. The number of piperidine rings is 1. The van der Waals surface area contributed by atoms with Crippen LogP contribution >= 0.6 is 0 Å². The fraction of sp³-hybridized carbons (Fsp3) is 0.667. The molecule has 1 aromatic rings. The van der Waals surface area contributed by atoms with Crippen LogP contribution in [-0.4, -0.2) is 31.0 Å². The maximum absolute atomic E-state index is 5.87. The summed E-state index contributed by atoms with van der Waals surface area (Å²) in [6.45, 7) is 2.97. The minimum Gasteiger partial charge on any atom is -0.364 e. The lowest BCUT2D eigenvalue weighted by molar-refractivity contribution is 0.215. The molecule has 4 heteroatoms.